The number of rotatable bonds is 4. The summed E-state index contributed by atoms with van der Waals surface area (Å²) in [6, 6.07) is 13.2. The van der Waals surface area contributed by atoms with Crippen molar-refractivity contribution in [1.82, 2.24) is 25.0 Å². The molecule has 0 aromatic heterocycles. The van der Waals surface area contributed by atoms with Crippen molar-refractivity contribution in [2.24, 2.45) is 0 Å². The molecule has 0 radical (unpaired) electrons. The molecule has 2 N–H and O–H groups in total. The molecule has 3 saturated heterocycles. The van der Waals surface area contributed by atoms with Crippen molar-refractivity contribution in [2.75, 3.05) is 63.3 Å². The van der Waals surface area contributed by atoms with E-state index in [9.17, 15) is 27.6 Å². The van der Waals surface area contributed by atoms with Gasteiger partial charge in [0.15, 0.2) is 0 Å². The summed E-state index contributed by atoms with van der Waals surface area (Å²) in [5.41, 5.74) is 8.49. The number of hydrogen-bond acceptors (Lipinski definition) is 7. The maximum absolute atomic E-state index is 14.0. The van der Waals surface area contributed by atoms with Crippen LogP contribution in [0.15, 0.2) is 48.5 Å². The lowest BCUT2D eigenvalue weighted by atomic mass is 9.85. The minimum Gasteiger partial charge on any atom is -0.339 e. The van der Waals surface area contributed by atoms with Gasteiger partial charge in [0.25, 0.3) is 11.8 Å². The van der Waals surface area contributed by atoms with E-state index >= 15 is 0 Å². The normalized spacial score (nSPS) is 22.5. The molecule has 10 nitrogen and oxygen atoms in total. The lowest BCUT2D eigenvalue weighted by Crippen LogP contribution is -2.60. The first-order chi connectivity index (χ1) is 20.1. The molecule has 13 heteroatoms. The van der Waals surface area contributed by atoms with E-state index in [0.29, 0.717) is 38.0 Å². The number of alkyl halides is 3. The first-order valence-corrected chi connectivity index (χ1v) is 14.1. The van der Waals surface area contributed by atoms with Crippen LogP contribution in [0.25, 0.3) is 0 Å². The average Bonchev–Trinajstić information content (AvgIpc) is 3.56. The number of nitrogens with zero attached hydrogens (tertiary/aromatic N) is 5. The fraction of sp³-hybridized carbons (Fsp3) is 0.483. The number of halogens is 3. The highest BCUT2D eigenvalue weighted by Gasteiger charge is 2.55. The van der Waals surface area contributed by atoms with E-state index in [1.165, 1.54) is 21.7 Å². The van der Waals surface area contributed by atoms with E-state index in [-0.39, 0.29) is 38.1 Å². The van der Waals surface area contributed by atoms with Gasteiger partial charge >= 0.3 is 6.18 Å². The Kier molecular flexibility index (Phi) is 7.26. The molecule has 3 fully saturated rings. The van der Waals surface area contributed by atoms with E-state index in [2.05, 4.69) is 10.9 Å². The van der Waals surface area contributed by atoms with Crippen molar-refractivity contribution >= 4 is 29.1 Å². The second-order valence-corrected chi connectivity index (χ2v) is 11.5. The topological polar surface area (TPSA) is 91.5 Å². The number of para-hydroxylation sites is 1. The van der Waals surface area contributed by atoms with Crippen molar-refractivity contribution < 1.29 is 27.6 Å². The number of amides is 3. The van der Waals surface area contributed by atoms with Crippen molar-refractivity contribution in [3.05, 3.63) is 59.7 Å². The van der Waals surface area contributed by atoms with Crippen LogP contribution in [0.5, 0.6) is 0 Å². The zero-order valence-electron chi connectivity index (χ0n) is 23.4. The van der Waals surface area contributed by atoms with Crippen LogP contribution in [-0.2, 0) is 16.1 Å². The van der Waals surface area contributed by atoms with Gasteiger partial charge in [-0.25, -0.2) is 5.43 Å². The molecule has 1 spiro atoms. The number of carbonyl (C=O) groups is 3. The summed E-state index contributed by atoms with van der Waals surface area (Å²) in [6.45, 7) is 1.00. The summed E-state index contributed by atoms with van der Waals surface area (Å²) in [5.74, 6) is -0.829. The first kappa shape index (κ1) is 28.3. The van der Waals surface area contributed by atoms with Gasteiger partial charge in [-0.3, -0.25) is 19.3 Å². The Hall–Kier alpha value is -3.84. The third-order valence-corrected chi connectivity index (χ3v) is 9.02. The van der Waals surface area contributed by atoms with Gasteiger partial charge in [0.05, 0.1) is 12.4 Å². The quantitative estimate of drug-likeness (QED) is 0.568. The van der Waals surface area contributed by atoms with Crippen LogP contribution in [0.3, 0.4) is 0 Å². The summed E-state index contributed by atoms with van der Waals surface area (Å²) >= 11 is 0. The molecular formula is C29H34F3N7O3. The zero-order valence-corrected chi connectivity index (χ0v) is 23.4. The average molecular weight is 586 g/mol. The molecule has 6 rings (SSSR count). The Morgan fingerprint density at radius 1 is 1.00 bits per heavy atom. The number of likely N-dealkylation sites (tertiary alicyclic amines) is 1. The Bertz CT molecular complexity index is 1360. The van der Waals surface area contributed by atoms with Crippen molar-refractivity contribution in [3.63, 3.8) is 0 Å². The van der Waals surface area contributed by atoms with Gasteiger partial charge in [0.1, 0.15) is 18.1 Å². The van der Waals surface area contributed by atoms with Gasteiger partial charge in [-0.2, -0.15) is 13.2 Å². The Morgan fingerprint density at radius 3 is 2.45 bits per heavy atom. The Morgan fingerprint density at radius 2 is 1.74 bits per heavy atom. The Balaban J connectivity index is 1.18. The van der Waals surface area contributed by atoms with Crippen LogP contribution in [-0.4, -0.2) is 108 Å². The van der Waals surface area contributed by atoms with Crippen LogP contribution in [0.1, 0.15) is 28.8 Å². The molecule has 4 aliphatic rings. The monoisotopic (exact) mass is 585 g/mol. The van der Waals surface area contributed by atoms with Crippen LogP contribution in [0.4, 0.5) is 24.5 Å². The fourth-order valence-corrected chi connectivity index (χ4v) is 6.53. The summed E-state index contributed by atoms with van der Waals surface area (Å²) < 4.78 is 40.6. The third-order valence-electron chi connectivity index (χ3n) is 9.02. The highest BCUT2D eigenvalue weighted by atomic mass is 19.4. The molecule has 0 bridgehead atoms. The van der Waals surface area contributed by atoms with Gasteiger partial charge in [-0.15, -0.1) is 0 Å². The lowest BCUT2D eigenvalue weighted by Gasteiger charge is -2.43. The molecule has 4 aliphatic heterocycles. The van der Waals surface area contributed by atoms with E-state index in [1.807, 2.05) is 47.4 Å². The van der Waals surface area contributed by atoms with Gasteiger partial charge in [-0.1, -0.05) is 18.2 Å². The van der Waals surface area contributed by atoms with Crippen molar-refractivity contribution in [3.8, 4) is 0 Å². The van der Waals surface area contributed by atoms with E-state index in [4.69, 9.17) is 0 Å². The lowest BCUT2D eigenvalue weighted by molar-refractivity contribution is -0.194. The second-order valence-electron chi connectivity index (χ2n) is 11.5. The minimum absolute atomic E-state index is 0.0995. The number of hydrogen-bond donors (Lipinski definition) is 2. The van der Waals surface area contributed by atoms with E-state index in [1.54, 1.807) is 11.0 Å². The smallest absolute Gasteiger partial charge is 0.339 e. The van der Waals surface area contributed by atoms with Gasteiger partial charge in [-0.05, 0) is 55.8 Å². The van der Waals surface area contributed by atoms with Crippen LogP contribution in [0, 0.1) is 0 Å². The number of likely N-dealkylation sites (N-methyl/N-ethyl adjacent to an activating group) is 1. The standard InChI is InChI=1S/C29H34F3N7O3/c1-35-13-14-37(17-24(35)29(30,31)32)25(40)18-38-19-39(22-5-3-2-4-6-22)28(27(38)42)9-11-36(12-10-28)26(41)20-7-8-23-21(15-20)16-33-34-23/h2-8,15,24,33-34H,9-14,16-19H2,1H3/t24-/m1/s1. The molecule has 2 aromatic carbocycles. The number of piperidine rings is 1. The predicted molar refractivity (Wildman–Crippen MR) is 149 cm³/mol. The number of benzene rings is 2. The predicted octanol–water partition coefficient (Wildman–Crippen LogP) is 2.10. The molecule has 224 valence electrons. The second kappa shape index (κ2) is 10.8. The summed E-state index contributed by atoms with van der Waals surface area (Å²) in [6.07, 6.45) is -3.71. The molecule has 0 unspecified atom stereocenters. The largest absolute Gasteiger partial charge is 0.405 e. The molecule has 3 amide bonds. The molecule has 2 aromatic rings. The SMILES string of the molecule is CN1CCN(C(=O)CN2CN(c3ccccc3)C3(CCN(C(=O)c4ccc5c(c4)CNN5)CC3)C2=O)C[C@@H]1C(F)(F)F. The van der Waals surface area contributed by atoms with Crippen molar-refractivity contribution in [2.45, 2.75) is 37.1 Å². The maximum Gasteiger partial charge on any atom is 0.405 e. The molecule has 1 atom stereocenters. The van der Waals surface area contributed by atoms with Gasteiger partial charge < -0.3 is 25.0 Å². The maximum atomic E-state index is 14.0. The number of fused-ring (bicyclic) bond motifs is 1. The highest BCUT2D eigenvalue weighted by molar-refractivity contribution is 5.98. The van der Waals surface area contributed by atoms with Gasteiger partial charge in [0.2, 0.25) is 5.91 Å². The van der Waals surface area contributed by atoms with Gasteiger partial charge in [0, 0.05) is 50.5 Å². The van der Waals surface area contributed by atoms with Crippen molar-refractivity contribution in [1.29, 1.82) is 0 Å². The fourth-order valence-electron chi connectivity index (χ4n) is 6.53. The number of piperazine rings is 1. The van der Waals surface area contributed by atoms with Crippen LogP contribution in [0.2, 0.25) is 0 Å². The number of carbonyl (C=O) groups excluding carboxylic acids is 3. The van der Waals surface area contributed by atoms with E-state index in [0.717, 1.165) is 16.9 Å². The zero-order chi connectivity index (χ0) is 29.6. The molecule has 42 heavy (non-hydrogen) atoms. The highest BCUT2D eigenvalue weighted by Crippen LogP contribution is 2.40. The number of nitrogens with one attached hydrogen (secondary N) is 2. The summed E-state index contributed by atoms with van der Waals surface area (Å²) in [7, 11) is 1.40. The third kappa shape index (κ3) is 5.04. The number of hydrazine groups is 1. The Labute approximate surface area is 242 Å². The van der Waals surface area contributed by atoms with Crippen LogP contribution < -0.4 is 15.8 Å². The first-order valence-electron chi connectivity index (χ1n) is 14.1. The van der Waals surface area contributed by atoms with Crippen LogP contribution >= 0.6 is 0 Å². The molecular weight excluding hydrogens is 551 g/mol. The number of anilines is 2. The summed E-state index contributed by atoms with van der Waals surface area (Å²) in [4.78, 5) is 48.3. The van der Waals surface area contributed by atoms with E-state index < -0.39 is 30.2 Å². The minimum atomic E-state index is -4.45. The molecule has 0 aliphatic carbocycles. The summed E-state index contributed by atoms with van der Waals surface area (Å²) in [5, 5.41) is 0. The molecule has 4 heterocycles. The molecule has 0 saturated carbocycles.